The molecule has 0 aromatic rings. The second-order valence-electron chi connectivity index (χ2n) is 22.5. The van der Waals surface area contributed by atoms with Crippen LogP contribution >= 0.6 is 0 Å². The van der Waals surface area contributed by atoms with Crippen molar-refractivity contribution in [3.8, 4) is 0 Å². The first-order chi connectivity index (χ1) is 36.3. The summed E-state index contributed by atoms with van der Waals surface area (Å²) in [6, 6.07) is 0. The van der Waals surface area contributed by atoms with E-state index in [1.807, 2.05) is 0 Å². The molecule has 0 aromatic carbocycles. The van der Waals surface area contributed by atoms with Crippen LogP contribution in [-0.4, -0.2) is 140 Å². The molecule has 2 heterocycles. The van der Waals surface area contributed by atoms with Gasteiger partial charge in [0.15, 0.2) is 12.6 Å². The molecular formula is C60H114O15. The lowest BCUT2D eigenvalue weighted by Gasteiger charge is -2.44. The first kappa shape index (κ1) is 69.6. The second kappa shape index (κ2) is 44.3. The molecule has 444 valence electrons. The van der Waals surface area contributed by atoms with Gasteiger partial charge in [0.2, 0.25) is 0 Å². The highest BCUT2D eigenvalue weighted by Crippen LogP contribution is 2.31. The molecule has 0 bridgehead atoms. The van der Waals surface area contributed by atoms with Crippen LogP contribution in [0.25, 0.3) is 0 Å². The van der Waals surface area contributed by atoms with Gasteiger partial charge in [0.1, 0.15) is 62.0 Å². The van der Waals surface area contributed by atoms with Gasteiger partial charge < -0.3 is 64.5 Å². The largest absolute Gasteiger partial charge is 0.463 e. The smallest absolute Gasteiger partial charge is 0.311 e. The minimum Gasteiger partial charge on any atom is -0.463 e. The fourth-order valence-electron chi connectivity index (χ4n) is 10.7. The van der Waals surface area contributed by atoms with Gasteiger partial charge in [0.25, 0.3) is 0 Å². The maximum absolute atomic E-state index is 13.7. The number of unbranched alkanes of at least 4 members (excludes halogenated alkanes) is 30. The number of hydrogen-bond donors (Lipinski definition) is 8. The topological polar surface area (TPSA) is 242 Å². The highest BCUT2D eigenvalue weighted by atomic mass is 16.8. The Bertz CT molecular complexity index is 1260. The molecule has 0 spiro atoms. The summed E-state index contributed by atoms with van der Waals surface area (Å²) >= 11 is 0. The van der Waals surface area contributed by atoms with Crippen LogP contribution in [0.3, 0.4) is 0 Å². The average Bonchev–Trinajstić information content (AvgIpc) is 3.40. The van der Waals surface area contributed by atoms with Gasteiger partial charge in [-0.1, -0.05) is 246 Å². The molecule has 0 aliphatic carbocycles. The number of rotatable bonds is 48. The van der Waals surface area contributed by atoms with Gasteiger partial charge in [-0.3, -0.25) is 9.59 Å². The molecule has 0 aromatic heterocycles. The van der Waals surface area contributed by atoms with E-state index in [0.717, 1.165) is 103 Å². The number of ether oxygens (including phenoxy) is 5. The predicted octanol–water partition coefficient (Wildman–Crippen LogP) is 10.6. The van der Waals surface area contributed by atoms with Gasteiger partial charge in [0.05, 0.1) is 24.0 Å². The van der Waals surface area contributed by atoms with Gasteiger partial charge in [-0.15, -0.1) is 0 Å². The van der Waals surface area contributed by atoms with Crippen molar-refractivity contribution in [3.05, 3.63) is 0 Å². The van der Waals surface area contributed by atoms with Crippen molar-refractivity contribution in [3.63, 3.8) is 0 Å². The number of esters is 2. The van der Waals surface area contributed by atoms with Crippen molar-refractivity contribution >= 4 is 11.9 Å². The van der Waals surface area contributed by atoms with Crippen molar-refractivity contribution in [1.82, 2.24) is 0 Å². The molecule has 2 aliphatic heterocycles. The van der Waals surface area contributed by atoms with Crippen LogP contribution in [0.5, 0.6) is 0 Å². The van der Waals surface area contributed by atoms with Crippen molar-refractivity contribution in [2.24, 2.45) is 11.8 Å². The molecular weight excluding hydrogens is 961 g/mol. The van der Waals surface area contributed by atoms with E-state index in [9.17, 15) is 50.4 Å². The molecule has 2 fully saturated rings. The maximum atomic E-state index is 13.7. The number of carbonyl (C=O) groups excluding carboxylic acids is 2. The Morgan fingerprint density at radius 3 is 0.853 bits per heavy atom. The van der Waals surface area contributed by atoms with Crippen LogP contribution < -0.4 is 0 Å². The van der Waals surface area contributed by atoms with E-state index in [1.54, 1.807) is 0 Å². The molecule has 15 nitrogen and oxygen atoms in total. The van der Waals surface area contributed by atoms with E-state index in [1.165, 1.54) is 116 Å². The van der Waals surface area contributed by atoms with Gasteiger partial charge >= 0.3 is 11.9 Å². The minimum atomic E-state index is -1.89. The van der Waals surface area contributed by atoms with E-state index < -0.39 is 111 Å². The Morgan fingerprint density at radius 2 is 0.587 bits per heavy atom. The van der Waals surface area contributed by atoms with E-state index in [-0.39, 0.29) is 0 Å². The monoisotopic (exact) mass is 1070 g/mol. The quantitative estimate of drug-likeness (QED) is 0.0209. The molecule has 8 N–H and O–H groups in total. The van der Waals surface area contributed by atoms with Crippen LogP contribution in [-0.2, 0) is 33.3 Å². The van der Waals surface area contributed by atoms with Crippen LogP contribution in [0, 0.1) is 11.8 Å². The van der Waals surface area contributed by atoms with Crippen molar-refractivity contribution in [2.45, 2.75) is 345 Å². The number of carbonyl (C=O) groups is 2. The summed E-state index contributed by atoms with van der Waals surface area (Å²) in [6.07, 6.45) is 19.9. The highest BCUT2D eigenvalue weighted by Gasteiger charge is 2.50. The van der Waals surface area contributed by atoms with Crippen LogP contribution in [0.1, 0.15) is 272 Å². The lowest BCUT2D eigenvalue weighted by molar-refractivity contribution is -0.376. The fraction of sp³-hybridized carbons (Fsp3) is 0.967. The van der Waals surface area contributed by atoms with Crippen LogP contribution in [0.15, 0.2) is 0 Å². The zero-order chi connectivity index (χ0) is 55.1. The second-order valence-corrected chi connectivity index (χ2v) is 22.5. The zero-order valence-corrected chi connectivity index (χ0v) is 47.8. The van der Waals surface area contributed by atoms with Crippen molar-refractivity contribution in [2.75, 3.05) is 13.2 Å². The molecule has 2 rings (SSSR count). The van der Waals surface area contributed by atoms with Gasteiger partial charge in [0, 0.05) is 0 Å². The van der Waals surface area contributed by atoms with Gasteiger partial charge in [-0.2, -0.15) is 0 Å². The van der Waals surface area contributed by atoms with Crippen LogP contribution in [0.2, 0.25) is 0 Å². The van der Waals surface area contributed by atoms with E-state index in [0.29, 0.717) is 25.7 Å². The fourth-order valence-corrected chi connectivity index (χ4v) is 10.7. The number of hydrogen-bond acceptors (Lipinski definition) is 15. The SMILES string of the molecule is CCCCCCCCCCC[C@@H](O)[C@@H](CCCCCCCCCC)C(=O)OC[C@H]1O[C@H](O[C@H]2O[C@H](COC(=O)[C@@H](CCCCCCCCCC)[C@@H](O)CCCCCCCCCCC)[C@@H](O)[C@H](O)[C@H]2O)[C@H](O)[C@@H](O)[C@@H]1O. The van der Waals surface area contributed by atoms with Crippen molar-refractivity contribution < 1.29 is 74.1 Å². The molecule has 0 unspecified atom stereocenters. The number of aliphatic hydroxyl groups is 8. The maximum Gasteiger partial charge on any atom is 0.311 e. The summed E-state index contributed by atoms with van der Waals surface area (Å²) in [5.74, 6) is -2.94. The van der Waals surface area contributed by atoms with E-state index in [2.05, 4.69) is 27.7 Å². The summed E-state index contributed by atoms with van der Waals surface area (Å²) in [5, 5.41) is 88.5. The minimum absolute atomic E-state index is 0.426. The lowest BCUT2D eigenvalue weighted by atomic mass is 9.91. The zero-order valence-electron chi connectivity index (χ0n) is 47.8. The normalized spacial score (nSPS) is 25.7. The lowest BCUT2D eigenvalue weighted by Crippen LogP contribution is -2.64. The summed E-state index contributed by atoms with van der Waals surface area (Å²) < 4.78 is 28.9. The summed E-state index contributed by atoms with van der Waals surface area (Å²) in [4.78, 5) is 27.5. The first-order valence-corrected chi connectivity index (χ1v) is 31.1. The summed E-state index contributed by atoms with van der Waals surface area (Å²) in [5.41, 5.74) is 0. The molecule has 15 heteroatoms. The molecule has 0 amide bonds. The van der Waals surface area contributed by atoms with Crippen molar-refractivity contribution in [1.29, 1.82) is 0 Å². The Hall–Kier alpha value is -1.50. The first-order valence-electron chi connectivity index (χ1n) is 31.1. The molecule has 2 aliphatic rings. The molecule has 0 saturated carbocycles. The summed E-state index contributed by atoms with van der Waals surface area (Å²) in [6.45, 7) is 7.68. The van der Waals surface area contributed by atoms with E-state index >= 15 is 0 Å². The van der Waals surface area contributed by atoms with Crippen LogP contribution in [0.4, 0.5) is 0 Å². The molecule has 0 radical (unpaired) electrons. The van der Waals surface area contributed by atoms with Gasteiger partial charge in [-0.25, -0.2) is 0 Å². The Balaban J connectivity index is 2.06. The average molecular weight is 1080 g/mol. The standard InChI is InChI=1S/C60H114O15/c1-5-9-13-17-21-25-29-33-37-41-47(61)45(39-35-31-27-23-19-15-11-7-3)57(69)71-43-49-51(63)53(65)55(67)59(73-49)75-60-56(68)54(66)52(64)50(74-60)44-72-58(70)46(40-36-32-28-24-20-16-12-8-4)48(62)42-38-34-30-26-22-18-14-10-6-2/h45-56,59-68H,5-44H2,1-4H3/t45-,46+,47-,48+,49-,50-,51-,52-,53+,54+,55-,56-,59-,60-/m1/s1. The Morgan fingerprint density at radius 1 is 0.347 bits per heavy atom. The van der Waals surface area contributed by atoms with E-state index in [4.69, 9.17) is 23.7 Å². The number of aliphatic hydroxyl groups excluding tert-OH is 8. The Kier molecular flexibility index (Phi) is 41.1. The molecule has 75 heavy (non-hydrogen) atoms. The third-order valence-corrected chi connectivity index (χ3v) is 15.9. The Labute approximate surface area is 455 Å². The molecule has 14 atom stereocenters. The third kappa shape index (κ3) is 29.5. The summed E-state index contributed by atoms with van der Waals surface area (Å²) in [7, 11) is 0. The highest BCUT2D eigenvalue weighted by molar-refractivity contribution is 5.73. The third-order valence-electron chi connectivity index (χ3n) is 15.9. The predicted molar refractivity (Wildman–Crippen MR) is 294 cm³/mol. The molecule has 2 saturated heterocycles. The van der Waals surface area contributed by atoms with Gasteiger partial charge in [-0.05, 0) is 25.7 Å².